The van der Waals surface area contributed by atoms with Crippen LogP contribution in [0.25, 0.3) is 0 Å². The van der Waals surface area contributed by atoms with Crippen LogP contribution in [-0.4, -0.2) is 30.9 Å². The molecule has 0 aliphatic heterocycles. The zero-order valence-corrected chi connectivity index (χ0v) is 9.03. The van der Waals surface area contributed by atoms with Gasteiger partial charge in [-0.2, -0.15) is 0 Å². The maximum absolute atomic E-state index is 11.3. The summed E-state index contributed by atoms with van der Waals surface area (Å²) >= 11 is 0. The van der Waals surface area contributed by atoms with Crippen molar-refractivity contribution in [3.8, 4) is 0 Å². The Hall–Kier alpha value is -1.56. The summed E-state index contributed by atoms with van der Waals surface area (Å²) in [5.41, 5.74) is 0. The van der Waals surface area contributed by atoms with Crippen molar-refractivity contribution >= 4 is 11.8 Å². The molecule has 2 amide bonds. The number of aromatic nitrogens is 1. The van der Waals surface area contributed by atoms with Gasteiger partial charge >= 0.3 is 6.03 Å². The van der Waals surface area contributed by atoms with Gasteiger partial charge in [0, 0.05) is 13.2 Å². The maximum Gasteiger partial charge on any atom is 0.320 e. The first kappa shape index (κ1) is 11.5. The van der Waals surface area contributed by atoms with E-state index in [0.29, 0.717) is 18.2 Å². The second kappa shape index (κ2) is 5.35. The van der Waals surface area contributed by atoms with Crippen LogP contribution in [-0.2, 0) is 4.74 Å². The van der Waals surface area contributed by atoms with Gasteiger partial charge < -0.3 is 14.6 Å². The van der Waals surface area contributed by atoms with Crippen molar-refractivity contribution < 1.29 is 14.1 Å². The molecule has 0 aliphatic carbocycles. The third-order valence-corrected chi connectivity index (χ3v) is 1.66. The fourth-order valence-corrected chi connectivity index (χ4v) is 1.09. The van der Waals surface area contributed by atoms with E-state index < -0.39 is 0 Å². The molecule has 15 heavy (non-hydrogen) atoms. The number of methoxy groups -OCH3 is 1. The summed E-state index contributed by atoms with van der Waals surface area (Å²) < 4.78 is 9.68. The molecule has 84 valence electrons. The van der Waals surface area contributed by atoms with Gasteiger partial charge in [0.1, 0.15) is 5.76 Å². The number of carbonyl (C=O) groups excluding carboxylic acids is 1. The lowest BCUT2D eigenvalue weighted by Gasteiger charge is -2.12. The van der Waals surface area contributed by atoms with Crippen LogP contribution in [0.15, 0.2) is 10.6 Å². The molecule has 2 N–H and O–H groups in total. The van der Waals surface area contributed by atoms with E-state index >= 15 is 0 Å². The minimum absolute atomic E-state index is 0.0528. The van der Waals surface area contributed by atoms with E-state index in [1.165, 1.54) is 0 Å². The summed E-state index contributed by atoms with van der Waals surface area (Å²) in [5.74, 6) is 1.05. The largest absolute Gasteiger partial charge is 0.383 e. The van der Waals surface area contributed by atoms with E-state index in [1.54, 1.807) is 20.1 Å². The van der Waals surface area contributed by atoms with Crippen molar-refractivity contribution in [2.45, 2.75) is 19.9 Å². The topological polar surface area (TPSA) is 76.4 Å². The quantitative estimate of drug-likeness (QED) is 0.786. The Morgan fingerprint density at radius 1 is 1.73 bits per heavy atom. The van der Waals surface area contributed by atoms with Gasteiger partial charge in [-0.3, -0.25) is 5.32 Å². The lowest BCUT2D eigenvalue weighted by Crippen LogP contribution is -2.38. The number of nitrogens with one attached hydrogen (secondary N) is 2. The number of urea groups is 1. The Morgan fingerprint density at radius 2 is 2.47 bits per heavy atom. The minimum atomic E-state index is -0.326. The molecule has 0 fully saturated rings. The summed E-state index contributed by atoms with van der Waals surface area (Å²) in [7, 11) is 1.58. The third kappa shape index (κ3) is 3.99. The second-order valence-electron chi connectivity index (χ2n) is 3.28. The van der Waals surface area contributed by atoms with Gasteiger partial charge in [0.2, 0.25) is 0 Å². The van der Waals surface area contributed by atoms with E-state index in [1.807, 2.05) is 6.92 Å². The van der Waals surface area contributed by atoms with Crippen molar-refractivity contribution in [3.63, 3.8) is 0 Å². The normalized spacial score (nSPS) is 12.2. The molecule has 0 radical (unpaired) electrons. The number of hydrogen-bond donors (Lipinski definition) is 2. The number of carbonyl (C=O) groups is 1. The van der Waals surface area contributed by atoms with Crippen molar-refractivity contribution in [1.82, 2.24) is 10.5 Å². The van der Waals surface area contributed by atoms with Crippen molar-refractivity contribution in [3.05, 3.63) is 11.8 Å². The predicted octanol–water partition coefficient (Wildman–Crippen LogP) is 1.14. The van der Waals surface area contributed by atoms with Crippen LogP contribution in [0.5, 0.6) is 0 Å². The number of hydrogen-bond acceptors (Lipinski definition) is 4. The Morgan fingerprint density at radius 3 is 3.00 bits per heavy atom. The molecule has 0 bridgehead atoms. The number of aryl methyl sites for hydroxylation is 1. The first-order chi connectivity index (χ1) is 7.11. The third-order valence-electron chi connectivity index (χ3n) is 1.66. The van der Waals surface area contributed by atoms with Gasteiger partial charge in [-0.1, -0.05) is 5.16 Å². The van der Waals surface area contributed by atoms with Gasteiger partial charge in [-0.25, -0.2) is 4.79 Å². The molecule has 0 aromatic carbocycles. The van der Waals surface area contributed by atoms with E-state index in [0.717, 1.165) is 0 Å². The second-order valence-corrected chi connectivity index (χ2v) is 3.28. The number of amides is 2. The summed E-state index contributed by atoms with van der Waals surface area (Å²) in [6.45, 7) is 4.06. The molecule has 0 aliphatic rings. The molecule has 0 saturated carbocycles. The molecular formula is C9H15N3O3. The zero-order chi connectivity index (χ0) is 11.3. The van der Waals surface area contributed by atoms with E-state index in [-0.39, 0.29) is 12.1 Å². The van der Waals surface area contributed by atoms with Gasteiger partial charge in [0.15, 0.2) is 5.82 Å². The first-order valence-electron chi connectivity index (χ1n) is 4.61. The maximum atomic E-state index is 11.3. The summed E-state index contributed by atoms with van der Waals surface area (Å²) in [4.78, 5) is 11.3. The molecule has 6 heteroatoms. The Labute approximate surface area is 88.0 Å². The number of anilines is 1. The van der Waals surface area contributed by atoms with Crippen LogP contribution >= 0.6 is 0 Å². The lowest BCUT2D eigenvalue weighted by atomic mass is 10.4. The smallest absolute Gasteiger partial charge is 0.320 e. The Kier molecular flexibility index (Phi) is 4.11. The molecule has 1 aromatic heterocycles. The van der Waals surface area contributed by atoms with Crippen molar-refractivity contribution in [2.24, 2.45) is 0 Å². The molecule has 1 aromatic rings. The highest BCUT2D eigenvalue weighted by Gasteiger charge is 2.08. The molecule has 0 unspecified atom stereocenters. The first-order valence-corrected chi connectivity index (χ1v) is 4.61. The van der Waals surface area contributed by atoms with Gasteiger partial charge in [0.05, 0.1) is 12.6 Å². The summed E-state index contributed by atoms with van der Waals surface area (Å²) in [5, 5.41) is 8.85. The zero-order valence-electron chi connectivity index (χ0n) is 9.03. The molecular weight excluding hydrogens is 198 g/mol. The standard InChI is InChI=1S/C9H15N3O3/c1-6(5-14-3)10-9(13)11-8-4-7(2)15-12-8/h4,6H,5H2,1-3H3,(H2,10,11,12,13)/t6-/m1/s1. The van der Waals surface area contributed by atoms with E-state index in [2.05, 4.69) is 15.8 Å². The number of rotatable bonds is 4. The SMILES string of the molecule is COC[C@@H](C)NC(=O)Nc1cc(C)on1. The molecule has 1 rings (SSSR count). The lowest BCUT2D eigenvalue weighted by molar-refractivity contribution is 0.173. The molecule has 0 spiro atoms. The van der Waals surface area contributed by atoms with Crippen molar-refractivity contribution in [1.29, 1.82) is 0 Å². The molecule has 0 saturated heterocycles. The van der Waals surface area contributed by atoms with Crippen LogP contribution in [0.3, 0.4) is 0 Å². The Balaban J connectivity index is 2.36. The predicted molar refractivity (Wildman–Crippen MR) is 54.7 cm³/mol. The van der Waals surface area contributed by atoms with Crippen LogP contribution in [0.1, 0.15) is 12.7 Å². The number of ether oxygens (including phenoxy) is 1. The van der Waals surface area contributed by atoms with Crippen LogP contribution in [0.2, 0.25) is 0 Å². The van der Waals surface area contributed by atoms with Gasteiger partial charge in [-0.05, 0) is 13.8 Å². The van der Waals surface area contributed by atoms with Gasteiger partial charge in [-0.15, -0.1) is 0 Å². The Bertz CT molecular complexity index is 324. The monoisotopic (exact) mass is 213 g/mol. The van der Waals surface area contributed by atoms with Crippen molar-refractivity contribution in [2.75, 3.05) is 19.0 Å². The van der Waals surface area contributed by atoms with E-state index in [4.69, 9.17) is 9.26 Å². The highest BCUT2D eigenvalue weighted by Crippen LogP contribution is 2.06. The molecule has 1 heterocycles. The fraction of sp³-hybridized carbons (Fsp3) is 0.556. The highest BCUT2D eigenvalue weighted by molar-refractivity contribution is 5.88. The average Bonchev–Trinajstić information content (AvgIpc) is 2.51. The van der Waals surface area contributed by atoms with Crippen LogP contribution < -0.4 is 10.6 Å². The van der Waals surface area contributed by atoms with Crippen LogP contribution in [0.4, 0.5) is 10.6 Å². The summed E-state index contributed by atoms with van der Waals surface area (Å²) in [6.07, 6.45) is 0. The molecule has 1 atom stereocenters. The van der Waals surface area contributed by atoms with E-state index in [9.17, 15) is 4.79 Å². The van der Waals surface area contributed by atoms with Gasteiger partial charge in [0.25, 0.3) is 0 Å². The number of nitrogens with zero attached hydrogens (tertiary/aromatic N) is 1. The average molecular weight is 213 g/mol. The minimum Gasteiger partial charge on any atom is -0.383 e. The molecule has 6 nitrogen and oxygen atoms in total. The summed E-state index contributed by atoms with van der Waals surface area (Å²) in [6, 6.07) is 1.26. The fourth-order valence-electron chi connectivity index (χ4n) is 1.09. The highest BCUT2D eigenvalue weighted by atomic mass is 16.5. The van der Waals surface area contributed by atoms with Crippen LogP contribution in [0, 0.1) is 6.92 Å².